The standard InChI is InChI=1S/C23H22O6/c1-14-5-8-19-17(12-22(25)29-23(19)15(14)2)13-28-21(24)10-6-16-11-18(26-3)7-9-20(16)27-4/h5-12H,13H2,1-4H3/b10-6+. The fraction of sp³-hybridized carbons (Fsp3) is 0.217. The first-order valence-electron chi connectivity index (χ1n) is 9.02. The molecule has 2 aromatic carbocycles. The van der Waals surface area contributed by atoms with E-state index in [0.717, 1.165) is 16.5 Å². The van der Waals surface area contributed by atoms with Crippen molar-refractivity contribution in [3.63, 3.8) is 0 Å². The van der Waals surface area contributed by atoms with Gasteiger partial charge in [0.1, 0.15) is 23.7 Å². The van der Waals surface area contributed by atoms with Crippen LogP contribution >= 0.6 is 0 Å². The summed E-state index contributed by atoms with van der Waals surface area (Å²) in [5.41, 5.74) is 3.22. The van der Waals surface area contributed by atoms with Gasteiger partial charge in [-0.1, -0.05) is 12.1 Å². The number of carbonyl (C=O) groups is 1. The lowest BCUT2D eigenvalue weighted by Gasteiger charge is -2.09. The average Bonchev–Trinajstić information content (AvgIpc) is 2.73. The number of hydrogen-bond donors (Lipinski definition) is 0. The lowest BCUT2D eigenvalue weighted by atomic mass is 10.0. The van der Waals surface area contributed by atoms with E-state index < -0.39 is 11.6 Å². The smallest absolute Gasteiger partial charge is 0.336 e. The fourth-order valence-corrected chi connectivity index (χ4v) is 2.97. The molecule has 0 spiro atoms. The third kappa shape index (κ3) is 4.48. The number of benzene rings is 2. The van der Waals surface area contributed by atoms with E-state index in [2.05, 4.69) is 0 Å². The van der Waals surface area contributed by atoms with Crippen molar-refractivity contribution in [3.05, 3.63) is 75.1 Å². The van der Waals surface area contributed by atoms with Gasteiger partial charge in [0.25, 0.3) is 0 Å². The van der Waals surface area contributed by atoms with Gasteiger partial charge in [-0.2, -0.15) is 0 Å². The molecule has 3 rings (SSSR count). The molecule has 6 heteroatoms. The molecule has 0 saturated heterocycles. The second-order valence-corrected chi connectivity index (χ2v) is 6.52. The van der Waals surface area contributed by atoms with Crippen LogP contribution in [0, 0.1) is 13.8 Å². The van der Waals surface area contributed by atoms with Crippen LogP contribution in [-0.2, 0) is 16.1 Å². The van der Waals surface area contributed by atoms with Gasteiger partial charge in [-0.15, -0.1) is 0 Å². The monoisotopic (exact) mass is 394 g/mol. The van der Waals surface area contributed by atoms with Gasteiger partial charge in [-0.3, -0.25) is 0 Å². The van der Waals surface area contributed by atoms with Crippen molar-refractivity contribution in [2.45, 2.75) is 20.5 Å². The predicted octanol–water partition coefficient (Wildman–Crippen LogP) is 4.18. The van der Waals surface area contributed by atoms with Gasteiger partial charge in [-0.05, 0) is 49.2 Å². The van der Waals surface area contributed by atoms with Gasteiger partial charge in [0.2, 0.25) is 0 Å². The van der Waals surface area contributed by atoms with Gasteiger partial charge in [-0.25, -0.2) is 9.59 Å². The summed E-state index contributed by atoms with van der Waals surface area (Å²) in [5, 5.41) is 0.749. The highest BCUT2D eigenvalue weighted by atomic mass is 16.5. The zero-order chi connectivity index (χ0) is 21.0. The lowest BCUT2D eigenvalue weighted by Crippen LogP contribution is -2.06. The molecule has 0 radical (unpaired) electrons. The molecule has 0 N–H and O–H groups in total. The predicted molar refractivity (Wildman–Crippen MR) is 110 cm³/mol. The largest absolute Gasteiger partial charge is 0.497 e. The van der Waals surface area contributed by atoms with Crippen molar-refractivity contribution in [2.75, 3.05) is 14.2 Å². The van der Waals surface area contributed by atoms with Crippen molar-refractivity contribution in [2.24, 2.45) is 0 Å². The Morgan fingerprint density at radius 2 is 1.86 bits per heavy atom. The van der Waals surface area contributed by atoms with Crippen molar-refractivity contribution in [1.29, 1.82) is 0 Å². The number of ether oxygens (including phenoxy) is 3. The minimum atomic E-state index is -0.542. The number of esters is 1. The van der Waals surface area contributed by atoms with Crippen LogP contribution in [0.25, 0.3) is 17.0 Å². The van der Waals surface area contributed by atoms with Crippen molar-refractivity contribution in [1.82, 2.24) is 0 Å². The van der Waals surface area contributed by atoms with E-state index in [4.69, 9.17) is 18.6 Å². The highest BCUT2D eigenvalue weighted by Crippen LogP contribution is 2.26. The zero-order valence-corrected chi connectivity index (χ0v) is 16.8. The normalized spacial score (nSPS) is 11.0. The van der Waals surface area contributed by atoms with Gasteiger partial charge >= 0.3 is 11.6 Å². The van der Waals surface area contributed by atoms with Crippen LogP contribution in [0.1, 0.15) is 22.3 Å². The lowest BCUT2D eigenvalue weighted by molar-refractivity contribution is -0.138. The van der Waals surface area contributed by atoms with E-state index in [1.807, 2.05) is 26.0 Å². The summed E-state index contributed by atoms with van der Waals surface area (Å²) >= 11 is 0. The van der Waals surface area contributed by atoms with Crippen LogP contribution < -0.4 is 15.1 Å². The maximum atomic E-state index is 12.2. The zero-order valence-electron chi connectivity index (χ0n) is 16.8. The van der Waals surface area contributed by atoms with Crippen LogP contribution in [-0.4, -0.2) is 20.2 Å². The van der Waals surface area contributed by atoms with Crippen molar-refractivity contribution >= 4 is 23.0 Å². The second kappa shape index (κ2) is 8.65. The Labute approximate surface area is 168 Å². The number of fused-ring (bicyclic) bond motifs is 1. The first-order chi connectivity index (χ1) is 13.9. The van der Waals surface area contributed by atoms with E-state index >= 15 is 0 Å². The van der Waals surface area contributed by atoms with E-state index in [-0.39, 0.29) is 6.61 Å². The SMILES string of the molecule is COc1ccc(OC)c(/C=C/C(=O)OCc2cc(=O)oc3c(C)c(C)ccc23)c1. The molecule has 0 saturated carbocycles. The van der Waals surface area contributed by atoms with E-state index in [1.165, 1.54) is 12.1 Å². The first kappa shape index (κ1) is 20.2. The molecule has 1 aromatic heterocycles. The number of aryl methyl sites for hydroxylation is 2. The molecule has 0 bridgehead atoms. The number of hydrogen-bond acceptors (Lipinski definition) is 6. The number of rotatable bonds is 6. The van der Waals surface area contributed by atoms with Crippen LogP contribution in [0.4, 0.5) is 0 Å². The summed E-state index contributed by atoms with van der Waals surface area (Å²) in [6.45, 7) is 3.79. The molecule has 0 aliphatic heterocycles. The minimum Gasteiger partial charge on any atom is -0.497 e. The summed E-state index contributed by atoms with van der Waals surface area (Å²) < 4.78 is 21.1. The molecule has 29 heavy (non-hydrogen) atoms. The molecule has 0 fully saturated rings. The van der Waals surface area contributed by atoms with Gasteiger partial charge in [0.15, 0.2) is 0 Å². The van der Waals surface area contributed by atoms with Crippen molar-refractivity contribution < 1.29 is 23.4 Å². The Hall–Kier alpha value is -3.54. The highest BCUT2D eigenvalue weighted by molar-refractivity contribution is 5.88. The molecule has 150 valence electrons. The Kier molecular flexibility index (Phi) is 6.02. The van der Waals surface area contributed by atoms with Crippen LogP contribution in [0.15, 0.2) is 51.7 Å². The Bertz CT molecular complexity index is 1140. The maximum Gasteiger partial charge on any atom is 0.336 e. The first-order valence-corrected chi connectivity index (χ1v) is 9.02. The summed E-state index contributed by atoms with van der Waals surface area (Å²) in [6, 6.07) is 10.4. The molecule has 0 unspecified atom stereocenters. The number of methoxy groups -OCH3 is 2. The molecular weight excluding hydrogens is 372 g/mol. The Balaban J connectivity index is 1.79. The molecule has 3 aromatic rings. The van der Waals surface area contributed by atoms with Gasteiger partial charge < -0.3 is 18.6 Å². The van der Waals surface area contributed by atoms with Gasteiger partial charge in [0.05, 0.1) is 14.2 Å². The van der Waals surface area contributed by atoms with E-state index in [0.29, 0.717) is 28.2 Å². The second-order valence-electron chi connectivity index (χ2n) is 6.52. The maximum absolute atomic E-state index is 12.2. The third-order valence-electron chi connectivity index (χ3n) is 4.72. The van der Waals surface area contributed by atoms with Crippen LogP contribution in [0.2, 0.25) is 0 Å². The fourth-order valence-electron chi connectivity index (χ4n) is 2.97. The molecular formula is C23H22O6. The molecule has 0 aliphatic carbocycles. The summed E-state index contributed by atoms with van der Waals surface area (Å²) in [4.78, 5) is 24.1. The topological polar surface area (TPSA) is 75.0 Å². The minimum absolute atomic E-state index is 0.0387. The van der Waals surface area contributed by atoms with E-state index in [9.17, 15) is 9.59 Å². The Morgan fingerprint density at radius 3 is 2.59 bits per heavy atom. The molecule has 6 nitrogen and oxygen atoms in total. The Morgan fingerprint density at radius 1 is 1.07 bits per heavy atom. The van der Waals surface area contributed by atoms with Crippen LogP contribution in [0.3, 0.4) is 0 Å². The third-order valence-corrected chi connectivity index (χ3v) is 4.72. The average molecular weight is 394 g/mol. The summed E-state index contributed by atoms with van der Waals surface area (Å²) in [6.07, 6.45) is 2.90. The van der Waals surface area contributed by atoms with E-state index in [1.54, 1.807) is 38.5 Å². The summed E-state index contributed by atoms with van der Waals surface area (Å²) in [5.74, 6) is 0.708. The molecule has 0 atom stereocenters. The quantitative estimate of drug-likeness (QED) is 0.355. The number of carbonyl (C=O) groups excluding carboxylic acids is 1. The highest BCUT2D eigenvalue weighted by Gasteiger charge is 2.11. The van der Waals surface area contributed by atoms with Crippen molar-refractivity contribution in [3.8, 4) is 11.5 Å². The molecule has 0 aliphatic rings. The molecule has 1 heterocycles. The summed E-state index contributed by atoms with van der Waals surface area (Å²) in [7, 11) is 3.11. The van der Waals surface area contributed by atoms with Crippen LogP contribution in [0.5, 0.6) is 11.5 Å². The molecule has 0 amide bonds. The van der Waals surface area contributed by atoms with Gasteiger partial charge in [0, 0.05) is 28.7 Å².